The number of benzene rings is 2. The zero-order valence-corrected chi connectivity index (χ0v) is 12.9. The number of nitrogens with zero attached hydrogens (tertiary/aromatic N) is 2. The van der Waals surface area contributed by atoms with E-state index < -0.39 is 0 Å². The fourth-order valence-electron chi connectivity index (χ4n) is 2.12. The molecule has 0 bridgehead atoms. The van der Waals surface area contributed by atoms with Crippen molar-refractivity contribution in [1.82, 2.24) is 9.55 Å². The number of aromatic nitrogens is 2. The number of hydrogen-bond donors (Lipinski definition) is 1. The summed E-state index contributed by atoms with van der Waals surface area (Å²) in [5.74, 6) is 1.09. The summed E-state index contributed by atoms with van der Waals surface area (Å²) in [5, 5.41) is 0.583. The number of anilines is 1. The van der Waals surface area contributed by atoms with E-state index in [1.165, 1.54) is 0 Å². The lowest BCUT2D eigenvalue weighted by Crippen LogP contribution is -2.01. The highest BCUT2D eigenvalue weighted by Crippen LogP contribution is 2.31. The minimum absolute atomic E-state index is 0.383. The van der Waals surface area contributed by atoms with Crippen LogP contribution in [0.3, 0.4) is 0 Å². The molecule has 0 saturated heterocycles. The first kappa shape index (κ1) is 13.3. The van der Waals surface area contributed by atoms with Crippen LogP contribution in [0.1, 0.15) is 0 Å². The summed E-state index contributed by atoms with van der Waals surface area (Å²) in [7, 11) is 1.61. The van der Waals surface area contributed by atoms with Gasteiger partial charge in [0, 0.05) is 10.5 Å². The van der Waals surface area contributed by atoms with Crippen molar-refractivity contribution in [3.05, 3.63) is 45.9 Å². The average Bonchev–Trinajstić information content (AvgIpc) is 2.74. The van der Waals surface area contributed by atoms with Crippen LogP contribution in [0.15, 0.2) is 40.9 Å². The molecule has 0 aliphatic carbocycles. The van der Waals surface area contributed by atoms with Crippen molar-refractivity contribution < 1.29 is 4.74 Å². The van der Waals surface area contributed by atoms with Crippen LogP contribution < -0.4 is 10.5 Å². The van der Waals surface area contributed by atoms with Gasteiger partial charge in [-0.2, -0.15) is 0 Å². The molecule has 0 aliphatic rings. The quantitative estimate of drug-likeness (QED) is 0.757. The van der Waals surface area contributed by atoms with E-state index in [4.69, 9.17) is 22.1 Å². The minimum Gasteiger partial charge on any atom is -0.497 e. The maximum atomic E-state index is 6.28. The van der Waals surface area contributed by atoms with Gasteiger partial charge in [0.25, 0.3) is 0 Å². The maximum Gasteiger partial charge on any atom is 0.205 e. The summed E-state index contributed by atoms with van der Waals surface area (Å²) < 4.78 is 8.00. The smallest absolute Gasteiger partial charge is 0.205 e. The van der Waals surface area contributed by atoms with Crippen molar-refractivity contribution in [2.45, 2.75) is 0 Å². The summed E-state index contributed by atoms with van der Waals surface area (Å²) in [6, 6.07) is 11.2. The van der Waals surface area contributed by atoms with E-state index in [2.05, 4.69) is 20.9 Å². The summed E-state index contributed by atoms with van der Waals surface area (Å²) in [4.78, 5) is 4.36. The molecule has 0 saturated carbocycles. The predicted molar refractivity (Wildman–Crippen MR) is 84.7 cm³/mol. The van der Waals surface area contributed by atoms with Gasteiger partial charge in [-0.3, -0.25) is 4.57 Å². The molecule has 1 heterocycles. The monoisotopic (exact) mass is 351 g/mol. The molecule has 2 N–H and O–H groups in total. The number of hydrogen-bond acceptors (Lipinski definition) is 3. The van der Waals surface area contributed by atoms with Crippen LogP contribution in [0.5, 0.6) is 5.75 Å². The zero-order valence-electron chi connectivity index (χ0n) is 10.6. The van der Waals surface area contributed by atoms with Crippen molar-refractivity contribution in [3.8, 4) is 11.4 Å². The van der Waals surface area contributed by atoms with Crippen molar-refractivity contribution in [3.63, 3.8) is 0 Å². The Morgan fingerprint density at radius 3 is 2.80 bits per heavy atom. The number of rotatable bonds is 2. The third kappa shape index (κ3) is 2.13. The molecule has 0 fully saturated rings. The van der Waals surface area contributed by atoms with Crippen molar-refractivity contribution in [2.75, 3.05) is 12.8 Å². The van der Waals surface area contributed by atoms with E-state index >= 15 is 0 Å². The van der Waals surface area contributed by atoms with E-state index in [0.717, 1.165) is 21.2 Å². The largest absolute Gasteiger partial charge is 0.497 e. The van der Waals surface area contributed by atoms with E-state index in [1.54, 1.807) is 19.2 Å². The molecule has 0 atom stereocenters. The van der Waals surface area contributed by atoms with Crippen LogP contribution in [0.2, 0.25) is 5.02 Å². The number of imidazole rings is 1. The summed E-state index contributed by atoms with van der Waals surface area (Å²) in [6.07, 6.45) is 0. The number of halogens is 2. The third-order valence-corrected chi connectivity index (χ3v) is 3.85. The van der Waals surface area contributed by atoms with Gasteiger partial charge in [0.2, 0.25) is 5.95 Å². The van der Waals surface area contributed by atoms with Crippen molar-refractivity contribution in [1.29, 1.82) is 0 Å². The van der Waals surface area contributed by atoms with Gasteiger partial charge in [-0.1, -0.05) is 27.5 Å². The van der Waals surface area contributed by atoms with E-state index in [9.17, 15) is 0 Å². The number of ether oxygens (including phenoxy) is 1. The lowest BCUT2D eigenvalue weighted by Gasteiger charge is -2.10. The summed E-state index contributed by atoms with van der Waals surface area (Å²) in [6.45, 7) is 0. The van der Waals surface area contributed by atoms with Gasteiger partial charge in [-0.05, 0) is 30.3 Å². The second-order valence-electron chi connectivity index (χ2n) is 4.26. The Morgan fingerprint density at radius 1 is 1.25 bits per heavy atom. The Kier molecular flexibility index (Phi) is 3.31. The molecule has 0 aliphatic heterocycles. The first-order valence-corrected chi connectivity index (χ1v) is 7.04. The third-order valence-electron chi connectivity index (χ3n) is 3.04. The van der Waals surface area contributed by atoms with Gasteiger partial charge in [0.1, 0.15) is 5.75 Å². The Labute approximate surface area is 129 Å². The van der Waals surface area contributed by atoms with Crippen LogP contribution in [-0.2, 0) is 0 Å². The first-order chi connectivity index (χ1) is 9.60. The lowest BCUT2D eigenvalue weighted by atomic mass is 10.2. The summed E-state index contributed by atoms with van der Waals surface area (Å²) >= 11 is 9.70. The molecule has 4 nitrogen and oxygen atoms in total. The van der Waals surface area contributed by atoms with Crippen LogP contribution >= 0.6 is 27.5 Å². The molecular formula is C14H11BrClN3O. The molecule has 1 aromatic heterocycles. The molecule has 0 amide bonds. The molecule has 3 aromatic rings. The second kappa shape index (κ2) is 5.00. The highest BCUT2D eigenvalue weighted by atomic mass is 79.9. The highest BCUT2D eigenvalue weighted by molar-refractivity contribution is 9.10. The topological polar surface area (TPSA) is 53.1 Å². The molecule has 3 rings (SSSR count). The molecule has 0 unspecified atom stereocenters. The van der Waals surface area contributed by atoms with Crippen LogP contribution in [0.25, 0.3) is 16.7 Å². The Bertz CT molecular complexity index is 800. The van der Waals surface area contributed by atoms with E-state index in [0.29, 0.717) is 16.7 Å². The molecule has 0 radical (unpaired) electrons. The summed E-state index contributed by atoms with van der Waals surface area (Å²) in [5.41, 5.74) is 8.47. The van der Waals surface area contributed by atoms with E-state index in [1.807, 2.05) is 28.8 Å². The van der Waals surface area contributed by atoms with Gasteiger partial charge in [-0.15, -0.1) is 0 Å². The van der Waals surface area contributed by atoms with Gasteiger partial charge in [0.15, 0.2) is 0 Å². The van der Waals surface area contributed by atoms with Crippen LogP contribution in [0.4, 0.5) is 5.95 Å². The Balaban J connectivity index is 2.31. The maximum absolute atomic E-state index is 6.28. The second-order valence-corrected chi connectivity index (χ2v) is 5.58. The van der Waals surface area contributed by atoms with Crippen LogP contribution in [-0.4, -0.2) is 16.7 Å². The fraction of sp³-hybridized carbons (Fsp3) is 0.0714. The van der Waals surface area contributed by atoms with Gasteiger partial charge in [-0.25, -0.2) is 4.98 Å². The molecule has 0 spiro atoms. The van der Waals surface area contributed by atoms with Gasteiger partial charge < -0.3 is 10.5 Å². The normalized spacial score (nSPS) is 10.9. The molecule has 20 heavy (non-hydrogen) atoms. The lowest BCUT2D eigenvalue weighted by molar-refractivity contribution is 0.414. The number of methoxy groups -OCH3 is 1. The zero-order chi connectivity index (χ0) is 14.3. The molecule has 6 heteroatoms. The van der Waals surface area contributed by atoms with Crippen LogP contribution in [0, 0.1) is 0 Å². The van der Waals surface area contributed by atoms with Crippen molar-refractivity contribution >= 4 is 44.5 Å². The average molecular weight is 353 g/mol. The molecule has 102 valence electrons. The first-order valence-electron chi connectivity index (χ1n) is 5.87. The van der Waals surface area contributed by atoms with Gasteiger partial charge in [0.05, 0.1) is 28.9 Å². The predicted octanol–water partition coefficient (Wildman–Crippen LogP) is 4.03. The minimum atomic E-state index is 0.383. The highest BCUT2D eigenvalue weighted by Gasteiger charge is 2.13. The Hall–Kier alpha value is -1.72. The van der Waals surface area contributed by atoms with Crippen molar-refractivity contribution in [2.24, 2.45) is 0 Å². The standard InChI is InChI=1S/C14H11BrClN3O/c1-20-9-3-4-10(16)13(7-9)19-12-5-2-8(15)6-11(12)18-14(19)17/h2-7H,1H3,(H2,17,18). The fourth-order valence-corrected chi connectivity index (χ4v) is 2.67. The molecular weight excluding hydrogens is 342 g/mol. The number of fused-ring (bicyclic) bond motifs is 1. The van der Waals surface area contributed by atoms with E-state index in [-0.39, 0.29) is 0 Å². The number of nitrogens with two attached hydrogens (primary N) is 1. The SMILES string of the molecule is COc1ccc(Cl)c(-n2c(N)nc3cc(Br)ccc32)c1. The number of nitrogen functional groups attached to an aromatic ring is 1. The van der Waals surface area contributed by atoms with Gasteiger partial charge >= 0.3 is 0 Å². The Morgan fingerprint density at radius 2 is 2.05 bits per heavy atom. The molecule has 2 aromatic carbocycles.